The van der Waals surface area contributed by atoms with Crippen molar-refractivity contribution in [3.05, 3.63) is 58.7 Å². The SMILES string of the molecule is C=C1C[C@@H]2[C@H]3CC[C@@H](CN2c2nc(OC[C@@]45CCCN4CC(=C(F)F)C5)nc4c(F)c(-c5ccc(F)c6c5C(C#N)C(N)S6)c(C(F)(F)F)c1c24)N3. The summed E-state index contributed by atoms with van der Waals surface area (Å²) in [7, 11) is 0. The Kier molecular flexibility index (Phi) is 7.69. The minimum Gasteiger partial charge on any atom is -0.461 e. The molecule has 0 amide bonds. The molecular weight excluding hydrogens is 711 g/mol. The summed E-state index contributed by atoms with van der Waals surface area (Å²) >= 11 is 0.805. The quantitative estimate of drug-likeness (QED) is 0.272. The molecule has 2 unspecified atom stereocenters. The normalized spacial score (nSPS) is 29.3. The number of nitriles is 1. The van der Waals surface area contributed by atoms with Crippen molar-refractivity contribution in [3.63, 3.8) is 0 Å². The zero-order chi connectivity index (χ0) is 36.4. The predicted molar refractivity (Wildman–Crippen MR) is 180 cm³/mol. The minimum atomic E-state index is -5.14. The fourth-order valence-electron chi connectivity index (χ4n) is 9.59. The third-order valence-electron chi connectivity index (χ3n) is 11.8. The van der Waals surface area contributed by atoms with E-state index in [1.807, 2.05) is 15.9 Å². The summed E-state index contributed by atoms with van der Waals surface area (Å²) in [4.78, 5) is 12.9. The van der Waals surface area contributed by atoms with Crippen LogP contribution >= 0.6 is 11.8 Å². The second-order valence-electron chi connectivity index (χ2n) is 14.7. The molecule has 3 N–H and O–H groups in total. The van der Waals surface area contributed by atoms with E-state index in [0.717, 1.165) is 43.2 Å². The van der Waals surface area contributed by atoms with Crippen molar-refractivity contribution in [1.82, 2.24) is 20.2 Å². The Hall–Kier alpha value is -3.91. The molecule has 52 heavy (non-hydrogen) atoms. The summed E-state index contributed by atoms with van der Waals surface area (Å²) in [6.45, 7) is 5.11. The van der Waals surface area contributed by atoms with Crippen LogP contribution in [-0.2, 0) is 6.18 Å². The van der Waals surface area contributed by atoms with E-state index in [1.165, 1.54) is 0 Å². The molecule has 4 saturated heterocycles. The van der Waals surface area contributed by atoms with Gasteiger partial charge in [-0.3, -0.25) is 4.90 Å². The number of nitrogens with two attached hydrogens (primary N) is 1. The first kappa shape index (κ1) is 33.9. The molecule has 6 aliphatic rings. The Morgan fingerprint density at radius 3 is 2.75 bits per heavy atom. The average Bonchev–Trinajstić information content (AvgIpc) is 3.84. The van der Waals surface area contributed by atoms with Crippen LogP contribution in [0.25, 0.3) is 27.6 Å². The topological polar surface area (TPSA) is 103 Å². The number of aromatic nitrogens is 2. The van der Waals surface area contributed by atoms with Crippen molar-refractivity contribution in [2.75, 3.05) is 31.1 Å². The zero-order valence-electron chi connectivity index (χ0n) is 27.6. The average molecular weight is 744 g/mol. The number of halogens is 7. The van der Waals surface area contributed by atoms with Gasteiger partial charge in [0.1, 0.15) is 23.8 Å². The number of thioether (sulfide) groups is 1. The van der Waals surface area contributed by atoms with Gasteiger partial charge in [0.05, 0.1) is 33.8 Å². The summed E-state index contributed by atoms with van der Waals surface area (Å²) in [5, 5.41) is 12.4. The second-order valence-corrected chi connectivity index (χ2v) is 15.9. The molecule has 7 heterocycles. The predicted octanol–water partition coefficient (Wildman–Crippen LogP) is 7.09. The molecule has 4 fully saturated rings. The lowest BCUT2D eigenvalue weighted by Gasteiger charge is -2.41. The van der Waals surface area contributed by atoms with Crippen LogP contribution < -0.4 is 20.7 Å². The number of benzene rings is 2. The third kappa shape index (κ3) is 4.91. The molecule has 2 aromatic carbocycles. The molecule has 1 aromatic heterocycles. The standard InChI is InChI=1S/C36H32F7N7OS/c1-15-9-22-21-6-3-17(46-21)13-50(22)33-26-23(15)27(36(41,42)43)25(18-4-5-20(37)30-24(18)19(11-44)32(45)52-30)28(38)29(26)47-34(48-33)51-14-35-7-2-8-49(35)12-16(10-35)31(39)40/h4-5,17,19,21-22,32,46H,1-3,6-10,12-14,45H2/t17-,19?,21+,22+,32?,35-/m0/s1. The van der Waals surface area contributed by atoms with Gasteiger partial charge >= 0.3 is 12.2 Å². The van der Waals surface area contributed by atoms with Crippen molar-refractivity contribution in [2.45, 2.75) is 84.6 Å². The number of anilines is 1. The first-order valence-electron chi connectivity index (χ1n) is 17.2. The summed E-state index contributed by atoms with van der Waals surface area (Å²) in [5.41, 5.74) is 2.07. The highest BCUT2D eigenvalue weighted by Gasteiger charge is 2.50. The Morgan fingerprint density at radius 2 is 2.00 bits per heavy atom. The van der Waals surface area contributed by atoms with Crippen LogP contribution in [0.3, 0.4) is 0 Å². The molecule has 0 radical (unpaired) electrons. The monoisotopic (exact) mass is 743 g/mol. The fraction of sp³-hybridized carbons (Fsp3) is 0.472. The Morgan fingerprint density at radius 1 is 1.19 bits per heavy atom. The first-order chi connectivity index (χ1) is 24.8. The van der Waals surface area contributed by atoms with Gasteiger partial charge in [-0.05, 0) is 67.8 Å². The molecule has 16 heteroatoms. The number of nitrogens with one attached hydrogen (secondary N) is 1. The van der Waals surface area contributed by atoms with E-state index in [1.54, 1.807) is 0 Å². The van der Waals surface area contributed by atoms with Crippen LogP contribution in [-0.4, -0.2) is 70.1 Å². The van der Waals surface area contributed by atoms with Gasteiger partial charge in [-0.15, -0.1) is 11.8 Å². The number of hydrogen-bond acceptors (Lipinski definition) is 9. The number of fused-ring (bicyclic) bond motifs is 7. The lowest BCUT2D eigenvalue weighted by molar-refractivity contribution is -0.137. The van der Waals surface area contributed by atoms with E-state index >= 15 is 22.0 Å². The highest BCUT2D eigenvalue weighted by Crippen LogP contribution is 2.55. The molecule has 272 valence electrons. The molecule has 6 aliphatic heterocycles. The van der Waals surface area contributed by atoms with Gasteiger partial charge in [-0.25, -0.2) is 8.78 Å². The van der Waals surface area contributed by atoms with Crippen LogP contribution in [0.15, 0.2) is 35.3 Å². The van der Waals surface area contributed by atoms with E-state index in [2.05, 4.69) is 16.9 Å². The van der Waals surface area contributed by atoms with E-state index in [0.29, 0.717) is 19.5 Å². The lowest BCUT2D eigenvalue weighted by atomic mass is 9.83. The van der Waals surface area contributed by atoms with Crippen molar-refractivity contribution < 1.29 is 35.5 Å². The van der Waals surface area contributed by atoms with E-state index < -0.39 is 57.4 Å². The maximum absolute atomic E-state index is 17.5. The molecular formula is C36H32F7N7OS. The first-order valence-corrected chi connectivity index (χ1v) is 18.1. The molecule has 0 saturated carbocycles. The maximum Gasteiger partial charge on any atom is 0.417 e. The smallest absolute Gasteiger partial charge is 0.417 e. The number of ether oxygens (including phenoxy) is 1. The maximum atomic E-state index is 17.5. The van der Waals surface area contributed by atoms with E-state index in [4.69, 9.17) is 15.5 Å². The zero-order valence-corrected chi connectivity index (χ0v) is 28.4. The molecule has 0 spiro atoms. The number of piperazine rings is 1. The summed E-state index contributed by atoms with van der Waals surface area (Å²) < 4.78 is 113. The van der Waals surface area contributed by atoms with E-state index in [9.17, 15) is 14.0 Å². The van der Waals surface area contributed by atoms with Gasteiger partial charge < -0.3 is 20.7 Å². The molecule has 6 atom stereocenters. The number of alkyl halides is 3. The third-order valence-corrected chi connectivity index (χ3v) is 13.0. The van der Waals surface area contributed by atoms with Crippen molar-refractivity contribution in [3.8, 4) is 23.2 Å². The molecule has 8 nitrogen and oxygen atoms in total. The molecule has 2 bridgehead atoms. The van der Waals surface area contributed by atoms with Gasteiger partial charge in [0.25, 0.3) is 6.08 Å². The fourth-order valence-corrected chi connectivity index (χ4v) is 10.7. The van der Waals surface area contributed by atoms with Gasteiger partial charge in [0.2, 0.25) is 0 Å². The summed E-state index contributed by atoms with van der Waals surface area (Å²) in [6.07, 6.45) is -3.75. The van der Waals surface area contributed by atoms with Crippen LogP contribution in [0.2, 0.25) is 0 Å². The van der Waals surface area contributed by atoms with Gasteiger partial charge in [0, 0.05) is 52.8 Å². The summed E-state index contributed by atoms with van der Waals surface area (Å²) in [6, 6.07) is 3.22. The Balaban J connectivity index is 1.30. The minimum absolute atomic E-state index is 0.0207. The Labute approximate surface area is 297 Å². The van der Waals surface area contributed by atoms with Gasteiger partial charge in [0.15, 0.2) is 5.82 Å². The second kappa shape index (κ2) is 11.8. The highest BCUT2D eigenvalue weighted by atomic mass is 32.2. The number of nitrogens with zero attached hydrogens (tertiary/aromatic N) is 5. The van der Waals surface area contributed by atoms with Crippen LogP contribution in [0.5, 0.6) is 6.01 Å². The van der Waals surface area contributed by atoms with Crippen molar-refractivity contribution >= 4 is 34.1 Å². The molecule has 0 aliphatic carbocycles. The van der Waals surface area contributed by atoms with Crippen molar-refractivity contribution in [1.29, 1.82) is 5.26 Å². The number of rotatable bonds is 4. The largest absolute Gasteiger partial charge is 0.461 e. The highest BCUT2D eigenvalue weighted by molar-refractivity contribution is 8.00. The van der Waals surface area contributed by atoms with Crippen LogP contribution in [0.1, 0.15) is 61.1 Å². The lowest BCUT2D eigenvalue weighted by Crippen LogP contribution is -2.58. The number of hydrogen-bond donors (Lipinski definition) is 2. The van der Waals surface area contributed by atoms with Crippen molar-refractivity contribution in [2.24, 2.45) is 5.73 Å². The van der Waals surface area contributed by atoms with Crippen LogP contribution in [0.4, 0.5) is 36.6 Å². The van der Waals surface area contributed by atoms with E-state index in [-0.39, 0.29) is 94.1 Å². The molecule has 3 aromatic rings. The van der Waals surface area contributed by atoms with Crippen LogP contribution in [0, 0.1) is 23.0 Å². The summed E-state index contributed by atoms with van der Waals surface area (Å²) in [5.74, 6) is -3.28. The van der Waals surface area contributed by atoms with Gasteiger partial charge in [-0.2, -0.15) is 37.2 Å². The molecule has 9 rings (SSSR count). The Bertz CT molecular complexity index is 2150. The van der Waals surface area contributed by atoms with Gasteiger partial charge in [-0.1, -0.05) is 12.6 Å².